The Bertz CT molecular complexity index is 1660. The van der Waals surface area contributed by atoms with Crippen molar-refractivity contribution in [3.63, 3.8) is 0 Å². The molecule has 1 unspecified atom stereocenters. The van der Waals surface area contributed by atoms with E-state index in [9.17, 15) is 0 Å². The van der Waals surface area contributed by atoms with E-state index in [0.717, 1.165) is 39.9 Å². The maximum absolute atomic E-state index is 4.74. The van der Waals surface area contributed by atoms with Gasteiger partial charge in [-0.1, -0.05) is 43.3 Å². The van der Waals surface area contributed by atoms with Gasteiger partial charge < -0.3 is 9.13 Å². The monoisotopic (exact) mass is 426 g/mol. The summed E-state index contributed by atoms with van der Waals surface area (Å²) in [5, 5.41) is 1.17. The molecule has 1 aliphatic carbocycles. The van der Waals surface area contributed by atoms with Crippen LogP contribution in [0.25, 0.3) is 50.4 Å². The molecule has 0 N–H and O–H groups in total. The first-order valence-electron chi connectivity index (χ1n) is 11.4. The van der Waals surface area contributed by atoms with Gasteiger partial charge in [0.05, 0.1) is 27.6 Å². The molecular formula is C29H22N4. The fraction of sp³-hybridized carbons (Fsp3) is 0.103. The molecule has 4 nitrogen and oxygen atoms in total. The summed E-state index contributed by atoms with van der Waals surface area (Å²) in [6.45, 7) is 2.31. The van der Waals surface area contributed by atoms with Crippen LogP contribution in [0.2, 0.25) is 0 Å². The highest BCUT2D eigenvalue weighted by molar-refractivity contribution is 6.07. The first-order chi connectivity index (χ1) is 16.3. The quantitative estimate of drug-likeness (QED) is 0.298. The minimum Gasteiger partial charge on any atom is -0.311 e. The van der Waals surface area contributed by atoms with Crippen LogP contribution in [0, 0.1) is 0 Å². The molecule has 4 heteroatoms. The maximum atomic E-state index is 4.74. The first kappa shape index (κ1) is 18.4. The van der Waals surface area contributed by atoms with E-state index < -0.39 is 0 Å². The number of rotatable bonds is 2. The fourth-order valence-corrected chi connectivity index (χ4v) is 5.42. The van der Waals surface area contributed by atoms with Gasteiger partial charge in [-0.05, 0) is 55.0 Å². The molecule has 0 fully saturated rings. The van der Waals surface area contributed by atoms with E-state index in [1.807, 2.05) is 24.5 Å². The highest BCUT2D eigenvalue weighted by atomic mass is 15.0. The first-order valence-corrected chi connectivity index (χ1v) is 11.4. The number of allylic oxidation sites excluding steroid dienone is 1. The number of para-hydroxylation sites is 1. The summed E-state index contributed by atoms with van der Waals surface area (Å²) in [5.74, 6) is 0.431. The van der Waals surface area contributed by atoms with Crippen molar-refractivity contribution in [3.05, 3.63) is 103 Å². The molecule has 1 atom stereocenters. The molecule has 4 aromatic heterocycles. The van der Waals surface area contributed by atoms with Crippen LogP contribution >= 0.6 is 0 Å². The molecule has 4 heterocycles. The van der Waals surface area contributed by atoms with Gasteiger partial charge in [-0.25, -0.2) is 0 Å². The standard InChI is InChI=1S/C29H22N4/c1-19-8-4-12-23-28-26(15-7-17-31-28)33(29(19)23)21-10-5-9-20(18-21)32-24-13-3-2-11-22(24)27-25(32)14-6-16-30-27/h2-7,9-19H,8H2,1H3. The average Bonchev–Trinajstić information content (AvgIpc) is 3.38. The van der Waals surface area contributed by atoms with Crippen molar-refractivity contribution in [2.75, 3.05) is 0 Å². The Balaban J connectivity index is 1.53. The van der Waals surface area contributed by atoms with Gasteiger partial charge in [0.15, 0.2) is 0 Å². The molecule has 0 aliphatic heterocycles. The third kappa shape index (κ3) is 2.58. The van der Waals surface area contributed by atoms with E-state index in [4.69, 9.17) is 9.97 Å². The molecule has 0 bridgehead atoms. The molecular weight excluding hydrogens is 404 g/mol. The summed E-state index contributed by atoms with van der Waals surface area (Å²) in [4.78, 5) is 9.44. The zero-order chi connectivity index (χ0) is 21.9. The van der Waals surface area contributed by atoms with Crippen LogP contribution in [0.3, 0.4) is 0 Å². The predicted molar refractivity (Wildman–Crippen MR) is 135 cm³/mol. The number of fused-ring (bicyclic) bond motifs is 6. The maximum Gasteiger partial charge on any atom is 0.0963 e. The van der Waals surface area contributed by atoms with E-state index in [1.54, 1.807) is 0 Å². The topological polar surface area (TPSA) is 35.6 Å². The highest BCUT2D eigenvalue weighted by Crippen LogP contribution is 2.39. The van der Waals surface area contributed by atoms with Crippen molar-refractivity contribution >= 4 is 39.0 Å². The Morgan fingerprint density at radius 3 is 2.27 bits per heavy atom. The van der Waals surface area contributed by atoms with Crippen molar-refractivity contribution in [2.24, 2.45) is 0 Å². The van der Waals surface area contributed by atoms with Gasteiger partial charge in [0.1, 0.15) is 0 Å². The Hall–Kier alpha value is -4.18. The van der Waals surface area contributed by atoms with E-state index in [1.165, 1.54) is 22.2 Å². The zero-order valence-corrected chi connectivity index (χ0v) is 18.3. The molecule has 0 spiro atoms. The normalized spacial score (nSPS) is 15.5. The van der Waals surface area contributed by atoms with E-state index in [-0.39, 0.29) is 0 Å². The SMILES string of the molecule is CC1CC=Cc2c1n(-c1cccc(-n3c4ccccc4c4ncccc43)c1)c1cccnc21. The number of benzene rings is 2. The Labute approximate surface area is 191 Å². The zero-order valence-electron chi connectivity index (χ0n) is 18.3. The second kappa shape index (κ2) is 6.91. The second-order valence-electron chi connectivity index (χ2n) is 8.79. The highest BCUT2D eigenvalue weighted by Gasteiger charge is 2.24. The van der Waals surface area contributed by atoms with Crippen molar-refractivity contribution in [1.29, 1.82) is 0 Å². The lowest BCUT2D eigenvalue weighted by atomic mass is 9.94. The van der Waals surface area contributed by atoms with Gasteiger partial charge in [0, 0.05) is 46.3 Å². The van der Waals surface area contributed by atoms with Crippen LogP contribution in [0.5, 0.6) is 0 Å². The average molecular weight is 427 g/mol. The van der Waals surface area contributed by atoms with Crippen LogP contribution in [0.4, 0.5) is 0 Å². The third-order valence-electron chi connectivity index (χ3n) is 6.81. The lowest BCUT2D eigenvalue weighted by Crippen LogP contribution is -2.07. The van der Waals surface area contributed by atoms with Crippen LogP contribution in [-0.4, -0.2) is 19.1 Å². The van der Waals surface area contributed by atoms with Crippen molar-refractivity contribution in [3.8, 4) is 11.4 Å². The van der Waals surface area contributed by atoms with Gasteiger partial charge >= 0.3 is 0 Å². The van der Waals surface area contributed by atoms with Gasteiger partial charge in [-0.15, -0.1) is 0 Å². The Kier molecular flexibility index (Phi) is 3.85. The minimum absolute atomic E-state index is 0.431. The fourth-order valence-electron chi connectivity index (χ4n) is 5.42. The number of hydrogen-bond acceptors (Lipinski definition) is 2. The molecule has 2 aromatic carbocycles. The smallest absolute Gasteiger partial charge is 0.0963 e. The summed E-state index contributed by atoms with van der Waals surface area (Å²) in [6, 6.07) is 25.7. The molecule has 0 saturated heterocycles. The van der Waals surface area contributed by atoms with Crippen LogP contribution in [0.1, 0.15) is 30.5 Å². The largest absolute Gasteiger partial charge is 0.311 e. The molecule has 33 heavy (non-hydrogen) atoms. The molecule has 0 amide bonds. The van der Waals surface area contributed by atoms with E-state index in [2.05, 4.69) is 88.9 Å². The van der Waals surface area contributed by atoms with E-state index in [0.29, 0.717) is 5.92 Å². The summed E-state index contributed by atoms with van der Waals surface area (Å²) in [5.41, 5.74) is 10.4. The van der Waals surface area contributed by atoms with Crippen LogP contribution in [0.15, 0.2) is 91.3 Å². The van der Waals surface area contributed by atoms with Crippen molar-refractivity contribution in [2.45, 2.75) is 19.3 Å². The number of hydrogen-bond donors (Lipinski definition) is 0. The minimum atomic E-state index is 0.431. The van der Waals surface area contributed by atoms with Crippen LogP contribution in [-0.2, 0) is 0 Å². The molecule has 7 rings (SSSR count). The molecule has 0 radical (unpaired) electrons. The lowest BCUT2D eigenvalue weighted by molar-refractivity contribution is 0.723. The second-order valence-corrected chi connectivity index (χ2v) is 8.79. The molecule has 0 saturated carbocycles. The Morgan fingerprint density at radius 2 is 1.42 bits per heavy atom. The summed E-state index contributed by atoms with van der Waals surface area (Å²) >= 11 is 0. The number of pyridine rings is 2. The molecule has 1 aliphatic rings. The van der Waals surface area contributed by atoms with Gasteiger partial charge in [0.25, 0.3) is 0 Å². The summed E-state index contributed by atoms with van der Waals surface area (Å²) < 4.78 is 4.72. The Morgan fingerprint density at radius 1 is 0.727 bits per heavy atom. The van der Waals surface area contributed by atoms with Crippen molar-refractivity contribution < 1.29 is 0 Å². The number of nitrogens with zero attached hydrogens (tertiary/aromatic N) is 4. The van der Waals surface area contributed by atoms with Crippen LogP contribution < -0.4 is 0 Å². The van der Waals surface area contributed by atoms with Gasteiger partial charge in [0.2, 0.25) is 0 Å². The van der Waals surface area contributed by atoms with Crippen molar-refractivity contribution in [1.82, 2.24) is 19.1 Å². The van der Waals surface area contributed by atoms with Gasteiger partial charge in [-0.3, -0.25) is 9.97 Å². The summed E-state index contributed by atoms with van der Waals surface area (Å²) in [7, 11) is 0. The third-order valence-corrected chi connectivity index (χ3v) is 6.81. The summed E-state index contributed by atoms with van der Waals surface area (Å²) in [6.07, 6.45) is 9.31. The molecule has 158 valence electrons. The van der Waals surface area contributed by atoms with E-state index >= 15 is 0 Å². The predicted octanol–water partition coefficient (Wildman–Crippen LogP) is 7.04. The molecule has 6 aromatic rings. The number of aromatic nitrogens is 4. The lowest BCUT2D eigenvalue weighted by Gasteiger charge is -2.20. The van der Waals surface area contributed by atoms with Gasteiger partial charge in [-0.2, -0.15) is 0 Å².